The second-order valence-corrected chi connectivity index (χ2v) is 8.16. The first kappa shape index (κ1) is 26.2. The van der Waals surface area contributed by atoms with Gasteiger partial charge >= 0.3 is 0 Å². The summed E-state index contributed by atoms with van der Waals surface area (Å²) in [5, 5.41) is 6.65. The van der Waals surface area contributed by atoms with Crippen LogP contribution in [-0.2, 0) is 16.0 Å². The number of halogens is 1. The fraction of sp³-hybridized carbons (Fsp3) is 0.591. The van der Waals surface area contributed by atoms with Gasteiger partial charge in [-0.3, -0.25) is 9.59 Å². The van der Waals surface area contributed by atoms with Crippen molar-refractivity contribution in [1.82, 2.24) is 20.4 Å². The molecule has 0 heterocycles. The minimum absolute atomic E-state index is 0. The average molecular weight is 529 g/mol. The van der Waals surface area contributed by atoms with Crippen LogP contribution in [0.1, 0.15) is 31.2 Å². The average Bonchev–Trinajstić information content (AvgIpc) is 3.19. The SMILES string of the molecule is CN(C)C(=O)CN=C(NCCc1ccccc1)NCC1(C(=O)N(C)C)CCCC1.I. The zero-order chi connectivity index (χ0) is 21.3. The molecule has 2 amide bonds. The Labute approximate surface area is 197 Å². The molecule has 0 unspecified atom stereocenters. The Hall–Kier alpha value is -1.84. The number of carbonyl (C=O) groups excluding carboxylic acids is 2. The Kier molecular flexibility index (Phi) is 11.1. The lowest BCUT2D eigenvalue weighted by Gasteiger charge is -2.31. The van der Waals surface area contributed by atoms with Crippen LogP contribution in [0.15, 0.2) is 35.3 Å². The van der Waals surface area contributed by atoms with Crippen molar-refractivity contribution in [3.63, 3.8) is 0 Å². The summed E-state index contributed by atoms with van der Waals surface area (Å²) in [6.07, 6.45) is 4.74. The summed E-state index contributed by atoms with van der Waals surface area (Å²) in [4.78, 5) is 32.4. The third kappa shape index (κ3) is 7.77. The van der Waals surface area contributed by atoms with Gasteiger partial charge in [0, 0.05) is 41.3 Å². The normalized spacial score (nSPS) is 15.1. The predicted molar refractivity (Wildman–Crippen MR) is 132 cm³/mol. The molecule has 7 nitrogen and oxygen atoms in total. The first-order valence-corrected chi connectivity index (χ1v) is 10.3. The Morgan fingerprint density at radius 2 is 1.63 bits per heavy atom. The summed E-state index contributed by atoms with van der Waals surface area (Å²) in [6, 6.07) is 10.2. The van der Waals surface area contributed by atoms with Crippen molar-refractivity contribution in [2.24, 2.45) is 10.4 Å². The molecule has 0 atom stereocenters. The number of carbonyl (C=O) groups is 2. The zero-order valence-corrected chi connectivity index (χ0v) is 20.9. The molecule has 0 aromatic heterocycles. The van der Waals surface area contributed by atoms with Crippen LogP contribution < -0.4 is 10.6 Å². The van der Waals surface area contributed by atoms with E-state index < -0.39 is 5.41 Å². The second kappa shape index (κ2) is 12.8. The lowest BCUT2D eigenvalue weighted by Crippen LogP contribution is -2.49. The molecule has 0 spiro atoms. The van der Waals surface area contributed by atoms with Gasteiger partial charge in [-0.15, -0.1) is 24.0 Å². The van der Waals surface area contributed by atoms with Gasteiger partial charge in [0.15, 0.2) is 5.96 Å². The van der Waals surface area contributed by atoms with Crippen LogP contribution in [0.3, 0.4) is 0 Å². The fourth-order valence-corrected chi connectivity index (χ4v) is 3.68. The summed E-state index contributed by atoms with van der Waals surface area (Å²) in [6.45, 7) is 1.29. The molecule has 1 aromatic carbocycles. The van der Waals surface area contributed by atoms with Gasteiger partial charge in [0.25, 0.3) is 0 Å². The van der Waals surface area contributed by atoms with Crippen molar-refractivity contribution in [3.8, 4) is 0 Å². The van der Waals surface area contributed by atoms with Crippen molar-refractivity contribution in [3.05, 3.63) is 35.9 Å². The number of likely N-dealkylation sites (N-methyl/N-ethyl adjacent to an activating group) is 1. The molecule has 0 aliphatic heterocycles. The third-order valence-electron chi connectivity index (χ3n) is 5.43. The monoisotopic (exact) mass is 529 g/mol. The largest absolute Gasteiger partial charge is 0.356 e. The van der Waals surface area contributed by atoms with Gasteiger partial charge in [-0.25, -0.2) is 4.99 Å². The van der Waals surface area contributed by atoms with Gasteiger partial charge in [-0.05, 0) is 24.8 Å². The molecule has 168 valence electrons. The van der Waals surface area contributed by atoms with Crippen LogP contribution in [0.2, 0.25) is 0 Å². The minimum atomic E-state index is -0.392. The van der Waals surface area contributed by atoms with Crippen molar-refractivity contribution in [2.75, 3.05) is 47.8 Å². The quantitative estimate of drug-likeness (QED) is 0.308. The molecule has 2 N–H and O–H groups in total. The van der Waals surface area contributed by atoms with E-state index in [4.69, 9.17) is 0 Å². The number of aliphatic imine (C=N–C) groups is 1. The van der Waals surface area contributed by atoms with E-state index in [0.717, 1.165) is 32.1 Å². The Bertz CT molecular complexity index is 701. The van der Waals surface area contributed by atoms with E-state index in [-0.39, 0.29) is 42.3 Å². The Morgan fingerprint density at radius 3 is 2.20 bits per heavy atom. The Balaban J connectivity index is 0.00000450. The molecule has 8 heteroatoms. The number of nitrogens with zero attached hydrogens (tertiary/aromatic N) is 3. The number of nitrogens with one attached hydrogen (secondary N) is 2. The van der Waals surface area contributed by atoms with Crippen LogP contribution in [0.25, 0.3) is 0 Å². The summed E-state index contributed by atoms with van der Waals surface area (Å²) in [5.41, 5.74) is 0.843. The molecule has 1 aliphatic rings. The molecule has 0 radical (unpaired) electrons. The summed E-state index contributed by atoms with van der Waals surface area (Å²) < 4.78 is 0. The number of rotatable bonds is 8. The molecule has 1 saturated carbocycles. The topological polar surface area (TPSA) is 77.0 Å². The highest BCUT2D eigenvalue weighted by molar-refractivity contribution is 14.0. The van der Waals surface area contributed by atoms with E-state index in [0.29, 0.717) is 19.0 Å². The van der Waals surface area contributed by atoms with Crippen molar-refractivity contribution in [1.29, 1.82) is 0 Å². The van der Waals surface area contributed by atoms with Crippen LogP contribution in [-0.4, -0.2) is 75.4 Å². The second-order valence-electron chi connectivity index (χ2n) is 8.16. The van der Waals surface area contributed by atoms with E-state index in [9.17, 15) is 9.59 Å². The van der Waals surface area contributed by atoms with Gasteiger partial charge in [-0.2, -0.15) is 0 Å². The van der Waals surface area contributed by atoms with Crippen molar-refractivity contribution >= 4 is 41.8 Å². The van der Waals surface area contributed by atoms with E-state index in [1.54, 1.807) is 19.0 Å². The maximum Gasteiger partial charge on any atom is 0.243 e. The maximum absolute atomic E-state index is 12.8. The standard InChI is InChI=1S/C22H35N5O2.HI/c1-26(2)19(28)16-24-21(23-15-12-18-10-6-5-7-11-18)25-17-22(13-8-9-14-22)20(29)27(3)4;/h5-7,10-11H,8-9,12-17H2,1-4H3,(H2,23,24,25);1H. The van der Waals surface area contributed by atoms with Gasteiger partial charge in [-0.1, -0.05) is 43.2 Å². The van der Waals surface area contributed by atoms with Gasteiger partial charge in [0.1, 0.15) is 6.54 Å². The highest BCUT2D eigenvalue weighted by Crippen LogP contribution is 2.38. The number of hydrogen-bond donors (Lipinski definition) is 2. The zero-order valence-electron chi connectivity index (χ0n) is 18.6. The first-order valence-electron chi connectivity index (χ1n) is 10.3. The van der Waals surface area contributed by atoms with E-state index in [1.165, 1.54) is 10.5 Å². The highest BCUT2D eigenvalue weighted by Gasteiger charge is 2.42. The minimum Gasteiger partial charge on any atom is -0.356 e. The summed E-state index contributed by atoms with van der Waals surface area (Å²) in [5.74, 6) is 0.679. The smallest absolute Gasteiger partial charge is 0.243 e. The van der Waals surface area contributed by atoms with Gasteiger partial charge < -0.3 is 20.4 Å². The molecule has 2 rings (SSSR count). The predicted octanol–water partition coefficient (Wildman–Crippen LogP) is 2.12. The fourth-order valence-electron chi connectivity index (χ4n) is 3.68. The van der Waals surface area contributed by atoms with Crippen LogP contribution in [0.5, 0.6) is 0 Å². The van der Waals surface area contributed by atoms with E-state index >= 15 is 0 Å². The highest BCUT2D eigenvalue weighted by atomic mass is 127. The van der Waals surface area contributed by atoms with Crippen LogP contribution >= 0.6 is 24.0 Å². The molecule has 1 fully saturated rings. The first-order chi connectivity index (χ1) is 13.8. The molecular formula is C22H36IN5O2. The van der Waals surface area contributed by atoms with Crippen molar-refractivity contribution < 1.29 is 9.59 Å². The molecule has 0 bridgehead atoms. The van der Waals surface area contributed by atoms with Crippen LogP contribution in [0.4, 0.5) is 0 Å². The molecule has 30 heavy (non-hydrogen) atoms. The van der Waals surface area contributed by atoms with Gasteiger partial charge in [0.05, 0.1) is 5.41 Å². The lowest BCUT2D eigenvalue weighted by molar-refractivity contribution is -0.138. The Morgan fingerprint density at radius 1 is 1.00 bits per heavy atom. The van der Waals surface area contributed by atoms with Crippen LogP contribution in [0, 0.1) is 5.41 Å². The summed E-state index contributed by atoms with van der Waals surface area (Å²) >= 11 is 0. The number of guanidine groups is 1. The maximum atomic E-state index is 12.8. The molecule has 1 aliphatic carbocycles. The van der Waals surface area contributed by atoms with Gasteiger partial charge in [0.2, 0.25) is 11.8 Å². The molecular weight excluding hydrogens is 493 g/mol. The third-order valence-corrected chi connectivity index (χ3v) is 5.43. The van der Waals surface area contributed by atoms with E-state index in [2.05, 4.69) is 27.8 Å². The van der Waals surface area contributed by atoms with Crippen molar-refractivity contribution in [2.45, 2.75) is 32.1 Å². The summed E-state index contributed by atoms with van der Waals surface area (Å²) in [7, 11) is 7.06. The molecule has 1 aromatic rings. The number of benzene rings is 1. The lowest BCUT2D eigenvalue weighted by atomic mass is 9.84. The van der Waals surface area contributed by atoms with E-state index in [1.807, 2.05) is 32.3 Å². The number of amides is 2. The molecule has 0 saturated heterocycles. The number of hydrogen-bond acceptors (Lipinski definition) is 3.